The zero-order valence-electron chi connectivity index (χ0n) is 11.3. The maximum atomic E-state index is 11.4. The van der Waals surface area contributed by atoms with Crippen LogP contribution in [-0.4, -0.2) is 17.2 Å². The highest BCUT2D eigenvalue weighted by molar-refractivity contribution is 5.74. The Morgan fingerprint density at radius 2 is 2.06 bits per heavy atom. The summed E-state index contributed by atoms with van der Waals surface area (Å²) < 4.78 is 5.26. The molecule has 1 N–H and O–H groups in total. The van der Waals surface area contributed by atoms with E-state index < -0.39 is 12.1 Å². The molecule has 0 amide bonds. The Labute approximate surface area is 104 Å². The van der Waals surface area contributed by atoms with Crippen molar-refractivity contribution in [1.29, 1.82) is 0 Å². The molecule has 0 saturated carbocycles. The maximum absolute atomic E-state index is 11.4. The van der Waals surface area contributed by atoms with Crippen molar-refractivity contribution in [2.45, 2.75) is 53.1 Å². The topological polar surface area (TPSA) is 46.5 Å². The lowest BCUT2D eigenvalue weighted by molar-refractivity contribution is -0.148. The Balaban J connectivity index is 2.74. The molecular weight excluding hydrogens is 216 g/mol. The highest BCUT2D eigenvalue weighted by Gasteiger charge is 2.22. The molecule has 0 aliphatic heterocycles. The van der Waals surface area contributed by atoms with Gasteiger partial charge in [0.25, 0.3) is 0 Å². The van der Waals surface area contributed by atoms with Crippen LogP contribution in [0.2, 0.25) is 0 Å². The molecule has 0 heterocycles. The van der Waals surface area contributed by atoms with Crippen molar-refractivity contribution in [2.75, 3.05) is 0 Å². The number of carbonyl (C=O) groups is 1. The second kappa shape index (κ2) is 6.20. The van der Waals surface area contributed by atoms with Crippen LogP contribution in [0.15, 0.2) is 11.8 Å². The lowest BCUT2D eigenvalue weighted by Gasteiger charge is -2.16. The summed E-state index contributed by atoms with van der Waals surface area (Å²) in [6.45, 7) is 7.98. The molecule has 0 fully saturated rings. The molecule has 1 rings (SSSR count). The van der Waals surface area contributed by atoms with E-state index in [2.05, 4.69) is 26.8 Å². The predicted octanol–water partition coefficient (Wildman–Crippen LogP) is 2.89. The third-order valence-electron chi connectivity index (χ3n) is 3.37. The molecule has 0 bridgehead atoms. The van der Waals surface area contributed by atoms with Gasteiger partial charge < -0.3 is 9.84 Å². The molecule has 0 aromatic carbocycles. The van der Waals surface area contributed by atoms with E-state index in [0.29, 0.717) is 17.8 Å². The van der Waals surface area contributed by atoms with Crippen LogP contribution in [0.25, 0.3) is 0 Å². The van der Waals surface area contributed by atoms with E-state index in [0.717, 1.165) is 25.0 Å². The molecule has 0 spiro atoms. The van der Waals surface area contributed by atoms with Crippen molar-refractivity contribution in [3.8, 4) is 0 Å². The molecule has 17 heavy (non-hydrogen) atoms. The van der Waals surface area contributed by atoms with Gasteiger partial charge >= 0.3 is 5.97 Å². The van der Waals surface area contributed by atoms with E-state index in [1.807, 2.05) is 0 Å². The number of hydrogen-bond acceptors (Lipinski definition) is 3. The lowest BCUT2D eigenvalue weighted by atomic mass is 9.90. The molecule has 0 saturated heterocycles. The molecule has 98 valence electrons. The number of aliphatic hydroxyl groups is 1. The van der Waals surface area contributed by atoms with Crippen LogP contribution in [0.4, 0.5) is 0 Å². The fourth-order valence-corrected chi connectivity index (χ4v) is 2.13. The quantitative estimate of drug-likeness (QED) is 0.772. The lowest BCUT2D eigenvalue weighted by Crippen LogP contribution is -2.19. The molecule has 3 atom stereocenters. The highest BCUT2D eigenvalue weighted by atomic mass is 16.6. The third kappa shape index (κ3) is 4.50. The van der Waals surface area contributed by atoms with Crippen molar-refractivity contribution in [1.82, 2.24) is 0 Å². The van der Waals surface area contributed by atoms with E-state index >= 15 is 0 Å². The highest BCUT2D eigenvalue weighted by Crippen LogP contribution is 2.30. The number of rotatable bonds is 3. The van der Waals surface area contributed by atoms with Crippen LogP contribution in [0.1, 0.15) is 47.0 Å². The first kappa shape index (κ1) is 14.2. The third-order valence-corrected chi connectivity index (χ3v) is 3.37. The Morgan fingerprint density at radius 1 is 1.41 bits per heavy atom. The van der Waals surface area contributed by atoms with Gasteiger partial charge in [0, 0.05) is 6.42 Å². The summed E-state index contributed by atoms with van der Waals surface area (Å²) in [6.07, 6.45) is 4.13. The number of hydrogen-bond donors (Lipinski definition) is 1. The minimum absolute atomic E-state index is 0.469. The van der Waals surface area contributed by atoms with Gasteiger partial charge in [0.1, 0.15) is 11.9 Å². The Bertz CT molecular complexity index is 292. The summed E-state index contributed by atoms with van der Waals surface area (Å²) in [5.41, 5.74) is 0. The second-order valence-corrected chi connectivity index (χ2v) is 5.52. The minimum atomic E-state index is -1.05. The average molecular weight is 240 g/mol. The van der Waals surface area contributed by atoms with Crippen molar-refractivity contribution < 1.29 is 14.6 Å². The molecule has 0 radical (unpaired) electrons. The fraction of sp³-hybridized carbons (Fsp3) is 0.786. The van der Waals surface area contributed by atoms with Crippen LogP contribution in [0.5, 0.6) is 0 Å². The number of carbonyl (C=O) groups excluding carboxylic acids is 1. The van der Waals surface area contributed by atoms with Gasteiger partial charge in [-0.3, -0.25) is 0 Å². The van der Waals surface area contributed by atoms with Gasteiger partial charge in [-0.1, -0.05) is 20.8 Å². The summed E-state index contributed by atoms with van der Waals surface area (Å²) >= 11 is 0. The van der Waals surface area contributed by atoms with Gasteiger partial charge in [0.05, 0.1) is 0 Å². The largest absolute Gasteiger partial charge is 0.429 e. The van der Waals surface area contributed by atoms with Gasteiger partial charge in [0.2, 0.25) is 0 Å². The van der Waals surface area contributed by atoms with E-state index in [4.69, 9.17) is 9.84 Å². The van der Waals surface area contributed by atoms with Crippen LogP contribution in [-0.2, 0) is 9.53 Å². The second-order valence-electron chi connectivity index (χ2n) is 5.52. The first-order chi connectivity index (χ1) is 7.90. The number of ether oxygens (including phenoxy) is 1. The zero-order valence-corrected chi connectivity index (χ0v) is 11.3. The molecule has 1 aliphatic rings. The van der Waals surface area contributed by atoms with Gasteiger partial charge in [-0.05, 0) is 43.6 Å². The fourth-order valence-electron chi connectivity index (χ4n) is 2.13. The zero-order chi connectivity index (χ0) is 13.0. The molecular formula is C14H24O3. The summed E-state index contributed by atoms with van der Waals surface area (Å²) in [5, 5.41) is 9.16. The van der Waals surface area contributed by atoms with Crippen molar-refractivity contribution >= 4 is 5.97 Å². The van der Waals surface area contributed by atoms with Crippen LogP contribution in [0, 0.1) is 17.8 Å². The summed E-state index contributed by atoms with van der Waals surface area (Å²) in [6, 6.07) is 0. The first-order valence-corrected chi connectivity index (χ1v) is 6.50. The van der Waals surface area contributed by atoms with Gasteiger partial charge in [-0.25, -0.2) is 4.79 Å². The average Bonchev–Trinajstić information content (AvgIpc) is 2.39. The monoisotopic (exact) mass is 240 g/mol. The minimum Gasteiger partial charge on any atom is -0.429 e. The summed E-state index contributed by atoms with van der Waals surface area (Å²) in [4.78, 5) is 11.4. The Kier molecular flexibility index (Phi) is 5.19. The number of allylic oxidation sites excluding steroid dienone is 2. The van der Waals surface area contributed by atoms with E-state index in [1.54, 1.807) is 0 Å². The molecule has 1 aliphatic carbocycles. The van der Waals surface area contributed by atoms with Crippen molar-refractivity contribution in [3.63, 3.8) is 0 Å². The molecule has 0 aromatic heterocycles. The Hall–Kier alpha value is -0.830. The number of aliphatic hydroxyl groups excluding tert-OH is 1. The first-order valence-electron chi connectivity index (χ1n) is 6.50. The van der Waals surface area contributed by atoms with Crippen molar-refractivity contribution in [3.05, 3.63) is 11.8 Å². The normalized spacial score (nSPS) is 27.3. The van der Waals surface area contributed by atoms with E-state index in [-0.39, 0.29) is 0 Å². The summed E-state index contributed by atoms with van der Waals surface area (Å²) in [5.74, 6) is 1.75. The van der Waals surface area contributed by atoms with Gasteiger partial charge in [0.15, 0.2) is 0 Å². The molecule has 1 unspecified atom stereocenters. The van der Waals surface area contributed by atoms with Crippen LogP contribution in [0.3, 0.4) is 0 Å². The van der Waals surface area contributed by atoms with E-state index in [9.17, 15) is 4.79 Å². The van der Waals surface area contributed by atoms with Crippen LogP contribution >= 0.6 is 0 Å². The standard InChI is InChI=1S/C14H24O3/c1-9(2)12-6-5-10(3)7-13(8-12)17-14(16)11(4)15/h8-12,15H,5-7H2,1-4H3/t10-,11?,12-/m1/s1. The summed E-state index contributed by atoms with van der Waals surface area (Å²) in [7, 11) is 0. The Morgan fingerprint density at radius 3 is 2.59 bits per heavy atom. The molecule has 3 heteroatoms. The number of esters is 1. The maximum Gasteiger partial charge on any atom is 0.339 e. The van der Waals surface area contributed by atoms with E-state index in [1.165, 1.54) is 6.92 Å². The van der Waals surface area contributed by atoms with Crippen molar-refractivity contribution in [2.24, 2.45) is 17.8 Å². The van der Waals surface area contributed by atoms with Crippen LogP contribution < -0.4 is 0 Å². The smallest absolute Gasteiger partial charge is 0.339 e. The molecule has 0 aromatic rings. The molecule has 3 nitrogen and oxygen atoms in total. The van der Waals surface area contributed by atoms with Gasteiger partial charge in [-0.15, -0.1) is 0 Å². The predicted molar refractivity (Wildman–Crippen MR) is 67.2 cm³/mol. The van der Waals surface area contributed by atoms with Gasteiger partial charge in [-0.2, -0.15) is 0 Å². The SMILES string of the molecule is CC(O)C(=O)OC1=C[C@H](C(C)C)CC[C@@H](C)C1.